The number of aromatic nitrogens is 2. The molecule has 0 unspecified atom stereocenters. The predicted octanol–water partition coefficient (Wildman–Crippen LogP) is 2.63. The van der Waals surface area contributed by atoms with Gasteiger partial charge in [0.2, 0.25) is 0 Å². The van der Waals surface area contributed by atoms with Crippen LogP contribution in [0.3, 0.4) is 0 Å². The summed E-state index contributed by atoms with van der Waals surface area (Å²) >= 11 is 0. The lowest BCUT2D eigenvalue weighted by atomic mass is 10.1. The topological polar surface area (TPSA) is 67.6 Å². The highest BCUT2D eigenvalue weighted by Gasteiger charge is 2.24. The first kappa shape index (κ1) is 13.9. The molecule has 6 nitrogen and oxygen atoms in total. The second-order valence-corrected chi connectivity index (χ2v) is 5.53. The lowest BCUT2D eigenvalue weighted by molar-refractivity contribution is 0.126. The summed E-state index contributed by atoms with van der Waals surface area (Å²) in [5, 5.41) is 9.02. The van der Waals surface area contributed by atoms with Gasteiger partial charge < -0.3 is 19.3 Å². The highest BCUT2D eigenvalue weighted by atomic mass is 16.5. The fourth-order valence-corrected chi connectivity index (χ4v) is 2.53. The van der Waals surface area contributed by atoms with Crippen molar-refractivity contribution in [2.45, 2.75) is 32.0 Å². The zero-order valence-electron chi connectivity index (χ0n) is 12.2. The van der Waals surface area contributed by atoms with Crippen molar-refractivity contribution in [2.75, 3.05) is 14.2 Å². The molecule has 1 aromatic heterocycles. The first-order chi connectivity index (χ1) is 10.1. The second-order valence-electron chi connectivity index (χ2n) is 5.53. The van der Waals surface area contributed by atoms with Gasteiger partial charge in [-0.15, -0.1) is 0 Å². The molecule has 1 aliphatic carbocycles. The summed E-state index contributed by atoms with van der Waals surface area (Å²) in [7, 11) is 3.16. The molecule has 0 spiro atoms. The molecule has 1 aromatic carbocycles. The van der Waals surface area contributed by atoms with Gasteiger partial charge in [-0.2, -0.15) is 0 Å². The highest BCUT2D eigenvalue weighted by molar-refractivity contribution is 5.77. The fraction of sp³-hybridized carbons (Fsp3) is 0.467. The number of amides is 1. The first-order valence-corrected chi connectivity index (χ1v) is 7.02. The summed E-state index contributed by atoms with van der Waals surface area (Å²) in [6, 6.07) is 6.29. The van der Waals surface area contributed by atoms with Gasteiger partial charge in [0.05, 0.1) is 17.6 Å². The number of methoxy groups -OCH3 is 1. The smallest absolute Gasteiger partial charge is 0.407 e. The van der Waals surface area contributed by atoms with Crippen molar-refractivity contribution in [2.24, 2.45) is 0 Å². The number of benzene rings is 1. The summed E-state index contributed by atoms with van der Waals surface area (Å²) in [6.45, 7) is 0.611. The highest BCUT2D eigenvalue weighted by Crippen LogP contribution is 2.40. The minimum Gasteiger partial charge on any atom is -0.465 e. The van der Waals surface area contributed by atoms with Gasteiger partial charge in [0.25, 0.3) is 0 Å². The number of nitrogens with zero attached hydrogens (tertiary/aromatic N) is 3. The summed E-state index contributed by atoms with van der Waals surface area (Å²) in [4.78, 5) is 16.8. The van der Waals surface area contributed by atoms with Crippen LogP contribution in [0.1, 0.15) is 30.1 Å². The SMILES string of the molecule is COCn1c(CN(C)C(=O)O)nc2ccc(C3CC3)cc21. The number of carbonyl (C=O) groups is 1. The minimum absolute atomic E-state index is 0.242. The van der Waals surface area contributed by atoms with Crippen LogP contribution in [0.2, 0.25) is 0 Å². The Morgan fingerprint density at radius 2 is 2.29 bits per heavy atom. The molecule has 0 atom stereocenters. The molecule has 1 fully saturated rings. The number of hydrogen-bond acceptors (Lipinski definition) is 3. The summed E-state index contributed by atoms with van der Waals surface area (Å²) in [5.41, 5.74) is 3.22. The quantitative estimate of drug-likeness (QED) is 0.918. The van der Waals surface area contributed by atoms with Gasteiger partial charge in [0.1, 0.15) is 12.6 Å². The van der Waals surface area contributed by atoms with Crippen molar-refractivity contribution in [3.63, 3.8) is 0 Å². The number of imidazole rings is 1. The average Bonchev–Trinajstić information content (AvgIpc) is 3.24. The molecule has 3 rings (SSSR count). The fourth-order valence-electron chi connectivity index (χ4n) is 2.53. The maximum absolute atomic E-state index is 11.0. The first-order valence-electron chi connectivity index (χ1n) is 7.02. The Bertz CT molecular complexity index is 676. The van der Waals surface area contributed by atoms with Crippen molar-refractivity contribution in [3.8, 4) is 0 Å². The van der Waals surface area contributed by atoms with Crippen LogP contribution in [0.25, 0.3) is 11.0 Å². The van der Waals surface area contributed by atoms with Crippen LogP contribution in [0.5, 0.6) is 0 Å². The molecule has 112 valence electrons. The van der Waals surface area contributed by atoms with E-state index in [0.717, 1.165) is 11.0 Å². The monoisotopic (exact) mass is 289 g/mol. The largest absolute Gasteiger partial charge is 0.465 e. The number of rotatable bonds is 5. The summed E-state index contributed by atoms with van der Waals surface area (Å²) in [6.07, 6.45) is 1.53. The molecule has 2 aromatic rings. The zero-order chi connectivity index (χ0) is 15.0. The van der Waals surface area contributed by atoms with Gasteiger partial charge in [0.15, 0.2) is 0 Å². The van der Waals surface area contributed by atoms with E-state index in [2.05, 4.69) is 17.1 Å². The molecule has 1 N–H and O–H groups in total. The Hall–Kier alpha value is -2.08. The molecule has 0 aliphatic heterocycles. The number of hydrogen-bond donors (Lipinski definition) is 1. The van der Waals surface area contributed by atoms with Crippen molar-refractivity contribution < 1.29 is 14.6 Å². The molecule has 0 bridgehead atoms. The Balaban J connectivity index is 2.01. The van der Waals surface area contributed by atoms with Crippen molar-refractivity contribution in [3.05, 3.63) is 29.6 Å². The molecule has 1 saturated carbocycles. The number of fused-ring (bicyclic) bond motifs is 1. The Kier molecular flexibility index (Phi) is 3.55. The normalized spacial score (nSPS) is 14.6. The van der Waals surface area contributed by atoms with E-state index >= 15 is 0 Å². The van der Waals surface area contributed by atoms with E-state index in [1.807, 2.05) is 10.6 Å². The second kappa shape index (κ2) is 5.37. The molecule has 21 heavy (non-hydrogen) atoms. The van der Waals surface area contributed by atoms with E-state index in [1.165, 1.54) is 30.4 Å². The van der Waals surface area contributed by atoms with Crippen LogP contribution in [0.15, 0.2) is 18.2 Å². The van der Waals surface area contributed by atoms with Crippen LogP contribution in [0, 0.1) is 0 Å². The van der Waals surface area contributed by atoms with E-state index < -0.39 is 6.09 Å². The lowest BCUT2D eigenvalue weighted by Gasteiger charge is -2.14. The average molecular weight is 289 g/mol. The standard InChI is InChI=1S/C15H19N3O3/c1-17(15(19)20)8-14-16-12-6-5-11(10-3-4-10)7-13(12)18(14)9-21-2/h5-7,10H,3-4,8-9H2,1-2H3,(H,19,20). The molecule has 1 heterocycles. The van der Waals surface area contributed by atoms with Crippen molar-refractivity contribution >= 4 is 17.1 Å². The van der Waals surface area contributed by atoms with E-state index in [0.29, 0.717) is 18.5 Å². The molecule has 1 aliphatic rings. The maximum Gasteiger partial charge on any atom is 0.407 e. The molecule has 0 saturated heterocycles. The number of carboxylic acid groups (broad SMARTS) is 1. The third kappa shape index (κ3) is 2.71. The molecule has 0 radical (unpaired) electrons. The van der Waals surface area contributed by atoms with Crippen LogP contribution in [-0.2, 0) is 18.0 Å². The van der Waals surface area contributed by atoms with Crippen molar-refractivity contribution in [1.29, 1.82) is 0 Å². The van der Waals surface area contributed by atoms with Gasteiger partial charge in [-0.3, -0.25) is 0 Å². The van der Waals surface area contributed by atoms with Crippen LogP contribution in [-0.4, -0.2) is 39.8 Å². The summed E-state index contributed by atoms with van der Waals surface area (Å²) in [5.74, 6) is 1.37. The van der Waals surface area contributed by atoms with E-state index in [-0.39, 0.29) is 6.54 Å². The lowest BCUT2D eigenvalue weighted by Crippen LogP contribution is -2.26. The van der Waals surface area contributed by atoms with Crippen LogP contribution >= 0.6 is 0 Å². The predicted molar refractivity (Wildman–Crippen MR) is 78.2 cm³/mol. The molecular formula is C15H19N3O3. The summed E-state index contributed by atoms with van der Waals surface area (Å²) < 4.78 is 7.20. The van der Waals surface area contributed by atoms with Crippen molar-refractivity contribution in [1.82, 2.24) is 14.5 Å². The Labute approximate surface area is 122 Å². The Morgan fingerprint density at radius 1 is 1.52 bits per heavy atom. The third-order valence-corrected chi connectivity index (χ3v) is 3.86. The minimum atomic E-state index is -0.968. The van der Waals surface area contributed by atoms with E-state index in [9.17, 15) is 4.79 Å². The zero-order valence-corrected chi connectivity index (χ0v) is 12.2. The third-order valence-electron chi connectivity index (χ3n) is 3.86. The van der Waals surface area contributed by atoms with Gasteiger partial charge in [-0.1, -0.05) is 6.07 Å². The van der Waals surface area contributed by atoms with Gasteiger partial charge in [-0.05, 0) is 36.5 Å². The molecule has 1 amide bonds. The van der Waals surface area contributed by atoms with Crippen LogP contribution < -0.4 is 0 Å². The Morgan fingerprint density at radius 3 is 2.90 bits per heavy atom. The van der Waals surface area contributed by atoms with Gasteiger partial charge >= 0.3 is 6.09 Å². The van der Waals surface area contributed by atoms with Gasteiger partial charge in [0, 0.05) is 14.2 Å². The van der Waals surface area contributed by atoms with E-state index in [4.69, 9.17) is 9.84 Å². The number of ether oxygens (including phenoxy) is 1. The van der Waals surface area contributed by atoms with E-state index in [1.54, 1.807) is 7.11 Å². The van der Waals surface area contributed by atoms with Gasteiger partial charge in [-0.25, -0.2) is 9.78 Å². The maximum atomic E-state index is 11.0. The molecule has 6 heteroatoms. The molecular weight excluding hydrogens is 270 g/mol. The van der Waals surface area contributed by atoms with Crippen LogP contribution in [0.4, 0.5) is 4.79 Å².